The molecule has 1 heterocycles. The van der Waals surface area contributed by atoms with Gasteiger partial charge in [0.25, 0.3) is 5.91 Å². The lowest BCUT2D eigenvalue weighted by Crippen LogP contribution is -2.30. The summed E-state index contributed by atoms with van der Waals surface area (Å²) in [4.78, 5) is 48.5. The molecule has 8 nitrogen and oxygen atoms in total. The van der Waals surface area contributed by atoms with Gasteiger partial charge in [-0.25, -0.2) is 9.59 Å². The van der Waals surface area contributed by atoms with E-state index in [0.717, 1.165) is 4.90 Å². The molecule has 1 fully saturated rings. The van der Waals surface area contributed by atoms with Crippen molar-refractivity contribution in [2.45, 2.75) is 6.54 Å². The van der Waals surface area contributed by atoms with Crippen molar-refractivity contribution in [2.24, 2.45) is 0 Å². The molecule has 0 saturated carbocycles. The van der Waals surface area contributed by atoms with E-state index in [1.165, 1.54) is 13.2 Å². The maximum atomic E-state index is 12.4. The van der Waals surface area contributed by atoms with Crippen LogP contribution in [0.3, 0.4) is 0 Å². The van der Waals surface area contributed by atoms with Crippen LogP contribution in [0.5, 0.6) is 0 Å². The van der Waals surface area contributed by atoms with Crippen LogP contribution < -0.4 is 10.6 Å². The summed E-state index contributed by atoms with van der Waals surface area (Å²) in [5, 5.41) is 5.19. The van der Waals surface area contributed by atoms with Gasteiger partial charge >= 0.3 is 12.0 Å². The Kier molecular flexibility index (Phi) is 5.16. The number of hydrogen-bond donors (Lipinski definition) is 2. The fourth-order valence-corrected chi connectivity index (χ4v) is 2.65. The smallest absolute Gasteiger partial charge is 0.337 e. The van der Waals surface area contributed by atoms with Gasteiger partial charge in [-0.1, -0.05) is 18.2 Å². The summed E-state index contributed by atoms with van der Waals surface area (Å²) >= 11 is 0. The van der Waals surface area contributed by atoms with Gasteiger partial charge < -0.3 is 15.4 Å². The van der Waals surface area contributed by atoms with E-state index < -0.39 is 17.9 Å². The predicted molar refractivity (Wildman–Crippen MR) is 96.1 cm³/mol. The van der Waals surface area contributed by atoms with Crippen molar-refractivity contribution in [1.29, 1.82) is 0 Å². The summed E-state index contributed by atoms with van der Waals surface area (Å²) < 4.78 is 4.65. The first-order valence-corrected chi connectivity index (χ1v) is 8.15. The molecule has 1 aliphatic heterocycles. The highest BCUT2D eigenvalue weighted by Gasteiger charge is 2.28. The van der Waals surface area contributed by atoms with Crippen molar-refractivity contribution in [3.05, 3.63) is 65.2 Å². The third-order valence-corrected chi connectivity index (χ3v) is 4.01. The van der Waals surface area contributed by atoms with Gasteiger partial charge in [0.05, 0.1) is 25.8 Å². The van der Waals surface area contributed by atoms with Crippen LogP contribution in [0, 0.1) is 0 Å². The fraction of sp³-hybridized carbons (Fsp3) is 0.158. The van der Waals surface area contributed by atoms with Gasteiger partial charge in [0.2, 0.25) is 5.91 Å². The molecule has 0 aliphatic carbocycles. The van der Waals surface area contributed by atoms with E-state index in [0.29, 0.717) is 16.8 Å². The number of urea groups is 1. The van der Waals surface area contributed by atoms with Crippen molar-refractivity contribution in [3.8, 4) is 0 Å². The molecule has 0 radical (unpaired) electrons. The Morgan fingerprint density at radius 1 is 1.11 bits per heavy atom. The molecule has 0 spiro atoms. The fourth-order valence-electron chi connectivity index (χ4n) is 2.65. The standard InChI is InChI=1S/C19H17N3O5/c1-27-18(25)14-6-3-5-13(9-14)17(24)21-15-7-2-4-12(8-15)11-22-16(23)10-20-19(22)26/h2-9H,10-11H2,1H3,(H,20,26)(H,21,24). The van der Waals surface area contributed by atoms with Crippen molar-refractivity contribution in [2.75, 3.05) is 19.0 Å². The van der Waals surface area contributed by atoms with Crippen LogP contribution in [-0.2, 0) is 16.1 Å². The van der Waals surface area contributed by atoms with Crippen molar-refractivity contribution in [1.82, 2.24) is 10.2 Å². The lowest BCUT2D eigenvalue weighted by atomic mass is 10.1. The summed E-state index contributed by atoms with van der Waals surface area (Å²) in [5.41, 5.74) is 1.78. The molecule has 4 amide bonds. The van der Waals surface area contributed by atoms with Gasteiger partial charge in [-0.05, 0) is 35.9 Å². The highest BCUT2D eigenvalue weighted by molar-refractivity contribution is 6.05. The average molecular weight is 367 g/mol. The number of carbonyl (C=O) groups excluding carboxylic acids is 4. The number of benzene rings is 2. The molecular formula is C19H17N3O5. The first kappa shape index (κ1) is 18.1. The zero-order chi connectivity index (χ0) is 19.4. The second-order valence-electron chi connectivity index (χ2n) is 5.87. The maximum Gasteiger partial charge on any atom is 0.337 e. The normalized spacial score (nSPS) is 13.3. The van der Waals surface area contributed by atoms with Crippen LogP contribution in [0.1, 0.15) is 26.3 Å². The molecule has 27 heavy (non-hydrogen) atoms. The number of ether oxygens (including phenoxy) is 1. The first-order chi connectivity index (χ1) is 13.0. The number of esters is 1. The van der Waals surface area contributed by atoms with Gasteiger partial charge in [0, 0.05) is 11.3 Å². The minimum Gasteiger partial charge on any atom is -0.465 e. The number of methoxy groups -OCH3 is 1. The molecule has 0 unspecified atom stereocenters. The monoisotopic (exact) mass is 367 g/mol. The van der Waals surface area contributed by atoms with Crippen LogP contribution in [-0.4, -0.2) is 42.4 Å². The molecule has 3 rings (SSSR count). The van der Waals surface area contributed by atoms with Crippen molar-refractivity contribution < 1.29 is 23.9 Å². The molecule has 1 saturated heterocycles. The van der Waals surface area contributed by atoms with Crippen LogP contribution in [0.2, 0.25) is 0 Å². The quantitative estimate of drug-likeness (QED) is 0.619. The minimum absolute atomic E-state index is 0.00814. The molecule has 138 valence electrons. The average Bonchev–Trinajstić information content (AvgIpc) is 2.99. The molecule has 2 aromatic carbocycles. The van der Waals surface area contributed by atoms with Crippen molar-refractivity contribution >= 4 is 29.5 Å². The number of carbonyl (C=O) groups is 4. The van der Waals surface area contributed by atoms with E-state index >= 15 is 0 Å². The zero-order valence-corrected chi connectivity index (χ0v) is 14.5. The zero-order valence-electron chi connectivity index (χ0n) is 14.5. The SMILES string of the molecule is COC(=O)c1cccc(C(=O)Nc2cccc(CN3C(=O)CNC3=O)c2)c1. The second-order valence-corrected chi connectivity index (χ2v) is 5.87. The molecule has 0 atom stereocenters. The van der Waals surface area contributed by atoms with Gasteiger partial charge in [0.1, 0.15) is 0 Å². The Labute approximate surface area is 155 Å². The third-order valence-electron chi connectivity index (χ3n) is 4.01. The molecule has 0 aromatic heterocycles. The molecular weight excluding hydrogens is 350 g/mol. The lowest BCUT2D eigenvalue weighted by molar-refractivity contribution is -0.125. The molecule has 2 N–H and O–H groups in total. The Morgan fingerprint density at radius 2 is 1.85 bits per heavy atom. The Bertz CT molecular complexity index is 909. The Morgan fingerprint density at radius 3 is 2.56 bits per heavy atom. The number of imide groups is 1. The van der Waals surface area contributed by atoms with Gasteiger partial charge in [-0.15, -0.1) is 0 Å². The number of amides is 4. The Balaban J connectivity index is 1.72. The number of rotatable bonds is 5. The third kappa shape index (κ3) is 4.12. The lowest BCUT2D eigenvalue weighted by Gasteiger charge is -2.13. The summed E-state index contributed by atoms with van der Waals surface area (Å²) in [6, 6.07) is 12.6. The van der Waals surface area contributed by atoms with E-state index in [-0.39, 0.29) is 24.6 Å². The summed E-state index contributed by atoms with van der Waals surface area (Å²) in [5.74, 6) is -1.22. The van der Waals surface area contributed by atoms with Gasteiger partial charge in [-0.2, -0.15) is 0 Å². The topological polar surface area (TPSA) is 105 Å². The predicted octanol–water partition coefficient (Wildman–Crippen LogP) is 1.78. The molecule has 0 bridgehead atoms. The summed E-state index contributed by atoms with van der Waals surface area (Å²) in [6.07, 6.45) is 0. The molecule has 2 aromatic rings. The molecule has 8 heteroatoms. The van der Waals surface area contributed by atoms with E-state index in [4.69, 9.17) is 0 Å². The Hall–Kier alpha value is -3.68. The minimum atomic E-state index is -0.528. The summed E-state index contributed by atoms with van der Waals surface area (Å²) in [7, 11) is 1.27. The van der Waals surface area contributed by atoms with E-state index in [1.54, 1.807) is 42.5 Å². The highest BCUT2D eigenvalue weighted by atomic mass is 16.5. The van der Waals surface area contributed by atoms with Crippen LogP contribution >= 0.6 is 0 Å². The number of hydrogen-bond acceptors (Lipinski definition) is 5. The summed E-state index contributed by atoms with van der Waals surface area (Å²) in [6.45, 7) is 0.109. The van der Waals surface area contributed by atoms with Crippen LogP contribution in [0.25, 0.3) is 0 Å². The van der Waals surface area contributed by atoms with Crippen LogP contribution in [0.15, 0.2) is 48.5 Å². The van der Waals surface area contributed by atoms with Crippen LogP contribution in [0.4, 0.5) is 10.5 Å². The molecule has 1 aliphatic rings. The highest BCUT2D eigenvalue weighted by Crippen LogP contribution is 2.16. The largest absolute Gasteiger partial charge is 0.465 e. The van der Waals surface area contributed by atoms with Crippen molar-refractivity contribution in [3.63, 3.8) is 0 Å². The van der Waals surface area contributed by atoms with E-state index in [1.807, 2.05) is 0 Å². The number of nitrogens with zero attached hydrogens (tertiary/aromatic N) is 1. The number of anilines is 1. The van der Waals surface area contributed by atoms with Gasteiger partial charge in [0.15, 0.2) is 0 Å². The number of nitrogens with one attached hydrogen (secondary N) is 2. The first-order valence-electron chi connectivity index (χ1n) is 8.15. The van der Waals surface area contributed by atoms with E-state index in [2.05, 4.69) is 15.4 Å². The van der Waals surface area contributed by atoms with E-state index in [9.17, 15) is 19.2 Å². The maximum absolute atomic E-state index is 12.4. The second kappa shape index (κ2) is 7.69. The van der Waals surface area contributed by atoms with Gasteiger partial charge in [-0.3, -0.25) is 14.5 Å².